The number of carbonyl (C=O) groups excluding carboxylic acids is 1. The third kappa shape index (κ3) is 4.84. The molecule has 2 fully saturated rings. The zero-order valence-corrected chi connectivity index (χ0v) is 20.5. The van der Waals surface area contributed by atoms with Gasteiger partial charge in [-0.25, -0.2) is 8.42 Å². The van der Waals surface area contributed by atoms with Gasteiger partial charge in [0.1, 0.15) is 15.5 Å². The predicted octanol–water partition coefficient (Wildman–Crippen LogP) is 2.97. The molecule has 2 aliphatic heterocycles. The van der Waals surface area contributed by atoms with Crippen molar-refractivity contribution in [3.63, 3.8) is 0 Å². The molecule has 0 unspecified atom stereocenters. The Morgan fingerprint density at radius 2 is 1.84 bits per heavy atom. The Balaban J connectivity index is 1.53. The van der Waals surface area contributed by atoms with Gasteiger partial charge in [0.15, 0.2) is 0 Å². The molecule has 2 aromatic rings. The van der Waals surface area contributed by atoms with E-state index in [0.29, 0.717) is 32.8 Å². The van der Waals surface area contributed by atoms with Crippen LogP contribution in [0.1, 0.15) is 28.1 Å². The quantitative estimate of drug-likeness (QED) is 0.635. The van der Waals surface area contributed by atoms with E-state index >= 15 is 0 Å². The smallest absolute Gasteiger partial charge is 0.262 e. The van der Waals surface area contributed by atoms with Crippen LogP contribution in [-0.4, -0.2) is 70.1 Å². The maximum Gasteiger partial charge on any atom is 0.262 e. The number of hydrogen-bond donors (Lipinski definition) is 1. The molecule has 32 heavy (non-hydrogen) atoms. The molecule has 0 bridgehead atoms. The van der Waals surface area contributed by atoms with Gasteiger partial charge in [-0.3, -0.25) is 4.79 Å². The van der Waals surface area contributed by atoms with Gasteiger partial charge >= 0.3 is 0 Å². The van der Waals surface area contributed by atoms with Crippen molar-refractivity contribution in [2.45, 2.75) is 23.2 Å². The van der Waals surface area contributed by atoms with Crippen molar-refractivity contribution in [1.29, 1.82) is 0 Å². The van der Waals surface area contributed by atoms with Gasteiger partial charge in [-0.2, -0.15) is 16.1 Å². The fraction of sp³-hybridized carbons (Fsp3) is 0.500. The summed E-state index contributed by atoms with van der Waals surface area (Å²) in [5.74, 6) is 1.99. The second-order valence-corrected chi connectivity index (χ2v) is 12.0. The van der Waals surface area contributed by atoms with Crippen LogP contribution in [0.4, 0.5) is 0 Å². The van der Waals surface area contributed by atoms with Gasteiger partial charge in [0.25, 0.3) is 5.91 Å². The van der Waals surface area contributed by atoms with E-state index in [1.807, 2.05) is 24.3 Å². The minimum absolute atomic E-state index is 0.109. The van der Waals surface area contributed by atoms with Crippen LogP contribution in [0.2, 0.25) is 0 Å². The van der Waals surface area contributed by atoms with Crippen LogP contribution in [0.15, 0.2) is 40.6 Å². The highest BCUT2D eigenvalue weighted by Crippen LogP contribution is 2.35. The van der Waals surface area contributed by atoms with Crippen LogP contribution in [0.3, 0.4) is 0 Å². The second-order valence-electron chi connectivity index (χ2n) is 7.93. The third-order valence-electron chi connectivity index (χ3n) is 6.16. The maximum atomic E-state index is 13.1. The number of nitrogens with one attached hydrogen (secondary N) is 1. The van der Waals surface area contributed by atoms with Crippen molar-refractivity contribution in [3.8, 4) is 5.75 Å². The lowest BCUT2D eigenvalue weighted by atomic mass is 9.74. The molecule has 0 atom stereocenters. The minimum atomic E-state index is -3.68. The largest absolute Gasteiger partial charge is 0.497 e. The van der Waals surface area contributed by atoms with Gasteiger partial charge in [0.2, 0.25) is 10.0 Å². The van der Waals surface area contributed by atoms with Crippen LogP contribution >= 0.6 is 23.1 Å². The number of nitrogens with zero attached hydrogens (tertiary/aromatic N) is 1. The molecule has 0 spiro atoms. The number of sulfonamides is 1. The Labute approximate surface area is 197 Å². The molecule has 4 rings (SSSR count). The van der Waals surface area contributed by atoms with Gasteiger partial charge in [-0.1, -0.05) is 12.1 Å². The highest BCUT2D eigenvalue weighted by Gasteiger charge is 2.36. The van der Waals surface area contributed by atoms with Crippen molar-refractivity contribution >= 4 is 39.0 Å². The van der Waals surface area contributed by atoms with Gasteiger partial charge < -0.3 is 14.8 Å². The summed E-state index contributed by atoms with van der Waals surface area (Å²) in [4.78, 5) is 13.5. The average Bonchev–Trinajstić information content (AvgIpc) is 3.35. The number of thiophene rings is 1. The monoisotopic (exact) mass is 496 g/mol. The van der Waals surface area contributed by atoms with Gasteiger partial charge in [0.05, 0.1) is 7.11 Å². The standard InChI is InChI=1S/C22H28N2O5S3/c1-28-18-4-2-17(3-5-18)22(7-11-29-12-8-22)16-23-21(25)20-19(6-13-31-20)32(26,27)24-9-14-30-15-10-24/h2-6,13H,7-12,14-16H2,1H3,(H,23,25). The van der Waals surface area contributed by atoms with E-state index in [-0.39, 0.29) is 21.1 Å². The van der Waals surface area contributed by atoms with E-state index in [4.69, 9.17) is 9.47 Å². The Kier molecular flexibility index (Phi) is 7.46. The summed E-state index contributed by atoms with van der Waals surface area (Å²) < 4.78 is 38.6. The number of carbonyl (C=O) groups is 1. The van der Waals surface area contributed by atoms with Crippen molar-refractivity contribution in [3.05, 3.63) is 46.2 Å². The molecule has 174 valence electrons. The number of thioether (sulfide) groups is 1. The maximum absolute atomic E-state index is 13.1. The Morgan fingerprint density at radius 3 is 2.50 bits per heavy atom. The first-order valence-corrected chi connectivity index (χ1v) is 14.1. The van der Waals surface area contributed by atoms with Crippen molar-refractivity contribution in [2.75, 3.05) is 51.5 Å². The van der Waals surface area contributed by atoms with E-state index in [2.05, 4.69) is 5.32 Å². The number of rotatable bonds is 7. The Bertz CT molecular complexity index is 1020. The lowest BCUT2D eigenvalue weighted by Crippen LogP contribution is -2.45. The molecule has 2 saturated heterocycles. The Morgan fingerprint density at radius 1 is 1.16 bits per heavy atom. The molecular formula is C22H28N2O5S3. The highest BCUT2D eigenvalue weighted by atomic mass is 32.2. The van der Waals surface area contributed by atoms with Gasteiger partial charge in [-0.15, -0.1) is 11.3 Å². The van der Waals surface area contributed by atoms with E-state index in [1.54, 1.807) is 30.3 Å². The number of methoxy groups -OCH3 is 1. The van der Waals surface area contributed by atoms with Crippen LogP contribution in [0, 0.1) is 0 Å². The van der Waals surface area contributed by atoms with Crippen LogP contribution < -0.4 is 10.1 Å². The topological polar surface area (TPSA) is 84.9 Å². The van der Waals surface area contributed by atoms with E-state index in [0.717, 1.165) is 35.7 Å². The summed E-state index contributed by atoms with van der Waals surface area (Å²) in [6, 6.07) is 9.46. The third-order valence-corrected chi connectivity index (χ3v) is 10.1. The molecule has 1 aromatic carbocycles. The van der Waals surface area contributed by atoms with Gasteiger partial charge in [-0.05, 0) is 42.0 Å². The second kappa shape index (κ2) is 10.1. The summed E-state index contributed by atoms with van der Waals surface area (Å²) in [6.07, 6.45) is 1.56. The molecule has 1 aromatic heterocycles. The Hall–Kier alpha value is -1.59. The molecule has 0 saturated carbocycles. The fourth-order valence-corrected chi connectivity index (χ4v) is 8.09. The molecule has 0 radical (unpaired) electrons. The molecule has 2 aliphatic rings. The first-order valence-electron chi connectivity index (χ1n) is 10.6. The zero-order valence-electron chi connectivity index (χ0n) is 18.0. The zero-order chi connectivity index (χ0) is 22.6. The van der Waals surface area contributed by atoms with Crippen LogP contribution in [-0.2, 0) is 20.2 Å². The summed E-state index contributed by atoms with van der Waals surface area (Å²) in [5, 5.41) is 4.71. The number of benzene rings is 1. The lowest BCUT2D eigenvalue weighted by molar-refractivity contribution is 0.0487. The van der Waals surface area contributed by atoms with E-state index < -0.39 is 10.0 Å². The normalized spacial score (nSPS) is 19.4. The molecule has 10 heteroatoms. The number of ether oxygens (including phenoxy) is 2. The van der Waals surface area contributed by atoms with Crippen molar-refractivity contribution in [1.82, 2.24) is 9.62 Å². The summed E-state index contributed by atoms with van der Waals surface area (Å²) >= 11 is 2.92. The number of amides is 1. The first kappa shape index (κ1) is 23.6. The number of hydrogen-bond acceptors (Lipinski definition) is 7. The molecular weight excluding hydrogens is 468 g/mol. The van der Waals surface area contributed by atoms with Crippen molar-refractivity contribution in [2.24, 2.45) is 0 Å². The van der Waals surface area contributed by atoms with Crippen LogP contribution in [0.5, 0.6) is 5.75 Å². The molecule has 1 N–H and O–H groups in total. The summed E-state index contributed by atoms with van der Waals surface area (Å²) in [6.45, 7) is 2.61. The van der Waals surface area contributed by atoms with E-state index in [1.165, 1.54) is 15.6 Å². The first-order chi connectivity index (χ1) is 15.5. The average molecular weight is 497 g/mol. The van der Waals surface area contributed by atoms with Crippen LogP contribution in [0.25, 0.3) is 0 Å². The predicted molar refractivity (Wildman–Crippen MR) is 127 cm³/mol. The molecule has 7 nitrogen and oxygen atoms in total. The SMILES string of the molecule is COc1ccc(C2(CNC(=O)c3sccc3S(=O)(=O)N3CCSCC3)CCOCC2)cc1. The lowest BCUT2D eigenvalue weighted by Gasteiger charge is -2.38. The fourth-order valence-electron chi connectivity index (χ4n) is 4.20. The minimum Gasteiger partial charge on any atom is -0.497 e. The molecule has 3 heterocycles. The summed E-state index contributed by atoms with van der Waals surface area (Å²) in [5.41, 5.74) is 0.854. The molecule has 0 aliphatic carbocycles. The molecule has 1 amide bonds. The van der Waals surface area contributed by atoms with E-state index in [9.17, 15) is 13.2 Å². The van der Waals surface area contributed by atoms with Crippen molar-refractivity contribution < 1.29 is 22.7 Å². The van der Waals surface area contributed by atoms with Gasteiger partial charge in [0, 0.05) is 49.8 Å². The highest BCUT2D eigenvalue weighted by molar-refractivity contribution is 7.99. The summed E-state index contributed by atoms with van der Waals surface area (Å²) in [7, 11) is -2.04.